The monoisotopic (exact) mass is 479 g/mol. The largest absolute Gasteiger partial charge is 0.481 e. The second-order valence-corrected chi connectivity index (χ2v) is 10.7. The van der Waals surface area contributed by atoms with Crippen LogP contribution in [0.15, 0.2) is 9.95 Å². The number of aliphatic hydroxyl groups excluding tert-OH is 2. The van der Waals surface area contributed by atoms with E-state index in [2.05, 4.69) is 15.0 Å². The molecule has 0 aliphatic carbocycles. The molecule has 2 aromatic rings. The van der Waals surface area contributed by atoms with Crippen LogP contribution in [-0.2, 0) is 18.6 Å². The number of fused-ring (bicyclic) bond motifs is 1. The average Bonchev–Trinajstić information content (AvgIpc) is 3.20. The number of imidazole rings is 1. The highest BCUT2D eigenvalue weighted by atomic mass is 32.7. The molecule has 2 aliphatic heterocycles. The number of aliphatic hydroxyl groups is 2. The maximum absolute atomic E-state index is 12.3. The van der Waals surface area contributed by atoms with E-state index in [1.165, 1.54) is 4.57 Å². The highest BCUT2D eigenvalue weighted by Gasteiger charge is 2.51. The smallest absolute Gasteiger partial charge is 0.313 e. The lowest BCUT2D eigenvalue weighted by Gasteiger charge is -2.35. The molecule has 0 saturated carbocycles. The lowest BCUT2D eigenvalue weighted by molar-refractivity contribution is -0.134. The Morgan fingerprint density at radius 3 is 2.80 bits per heavy atom. The van der Waals surface area contributed by atoms with Gasteiger partial charge in [0.15, 0.2) is 22.5 Å². The Bertz CT molecular complexity index is 1010. The summed E-state index contributed by atoms with van der Waals surface area (Å²) in [7, 11) is -1.30. The number of thioether (sulfide) groups is 1. The molecule has 4 rings (SSSR count). The lowest BCUT2D eigenvalue weighted by atomic mass is 10.0. The summed E-state index contributed by atoms with van der Waals surface area (Å²) < 4.78 is 18.7. The number of hydrogen-bond acceptors (Lipinski definition) is 12. The van der Waals surface area contributed by atoms with E-state index in [1.807, 2.05) is 0 Å². The van der Waals surface area contributed by atoms with Gasteiger partial charge in [-0.1, -0.05) is 11.8 Å². The summed E-state index contributed by atoms with van der Waals surface area (Å²) in [5.74, 6) is -1.69. The molecule has 164 valence electrons. The van der Waals surface area contributed by atoms with Gasteiger partial charge in [0, 0.05) is 6.42 Å². The molecule has 0 bridgehead atoms. The first-order valence-corrected chi connectivity index (χ1v) is 12.4. The first kappa shape index (κ1) is 21.8. The highest BCUT2D eigenvalue weighted by molar-refractivity contribution is 8.52. The van der Waals surface area contributed by atoms with Crippen molar-refractivity contribution in [3.05, 3.63) is 10.4 Å². The van der Waals surface area contributed by atoms with Crippen LogP contribution in [-0.4, -0.2) is 77.4 Å². The fourth-order valence-corrected chi connectivity index (χ4v) is 6.04. The minimum Gasteiger partial charge on any atom is -0.481 e. The fraction of sp³-hybridized carbons (Fsp3) is 0.571. The number of carboxylic acids is 1. The Morgan fingerprint density at radius 1 is 1.40 bits per heavy atom. The highest BCUT2D eigenvalue weighted by Crippen LogP contribution is 2.57. The van der Waals surface area contributed by atoms with E-state index in [-0.39, 0.29) is 53.6 Å². The number of nitrogens with one attached hydrogen (secondary N) is 1. The van der Waals surface area contributed by atoms with Crippen molar-refractivity contribution in [1.82, 2.24) is 19.5 Å². The third-order valence-corrected chi connectivity index (χ3v) is 7.98. The molecule has 4 heterocycles. The van der Waals surface area contributed by atoms with Crippen LogP contribution in [0.25, 0.3) is 11.2 Å². The minimum atomic E-state index is -1.30. The number of aromatic nitrogens is 4. The van der Waals surface area contributed by atoms with Gasteiger partial charge in [-0.05, 0) is 11.4 Å². The molecule has 2 atom stereocenters. The summed E-state index contributed by atoms with van der Waals surface area (Å²) >= 11 is 2.00. The second-order valence-electron chi connectivity index (χ2n) is 6.56. The van der Waals surface area contributed by atoms with Gasteiger partial charge in [0.1, 0.15) is 11.7 Å². The molecule has 1 spiro atoms. The van der Waals surface area contributed by atoms with E-state index in [9.17, 15) is 14.7 Å². The van der Waals surface area contributed by atoms with E-state index in [0.29, 0.717) is 0 Å². The molecule has 2 aromatic heterocycles. The van der Waals surface area contributed by atoms with Crippen molar-refractivity contribution in [2.75, 3.05) is 30.6 Å². The van der Waals surface area contributed by atoms with Gasteiger partial charge in [0.05, 0.1) is 24.9 Å². The molecular weight excluding hydrogens is 461 g/mol. The Balaban J connectivity index is 1.68. The zero-order valence-corrected chi connectivity index (χ0v) is 17.8. The second kappa shape index (κ2) is 8.59. The maximum atomic E-state index is 12.3. The molecule has 2 fully saturated rings. The standard InChI is InChI=1S/C14H18N5O8PS2/c15-12-17-9-8(10(24)18-12)16-13(29-2-7(22)23)19(9)11-6(21)1-14(27-11)3-25-28(26-4-14)30-5-20/h6,11,20-21H,1-5H2,(H,22,23)(H3,15,17,18,24)/t6?,11-,14?,28?/m1/s1. The van der Waals surface area contributed by atoms with Crippen molar-refractivity contribution in [3.63, 3.8) is 0 Å². The first-order valence-electron chi connectivity index (χ1n) is 8.60. The van der Waals surface area contributed by atoms with Crippen molar-refractivity contribution >= 4 is 53.8 Å². The number of nitrogens with two attached hydrogens (primary N) is 1. The SMILES string of the molecule is Nc1nc2c(nc(SCC(=O)O)n2[C@@H]2OC3(COP(SCO)OC3)CC2O)c(=O)[nH]1. The summed E-state index contributed by atoms with van der Waals surface area (Å²) in [6.45, 7) is 0.277. The predicted octanol–water partition coefficient (Wildman–Crippen LogP) is -0.146. The topological polar surface area (TPSA) is 195 Å². The zero-order valence-electron chi connectivity index (χ0n) is 15.3. The fourth-order valence-electron chi connectivity index (χ4n) is 3.26. The van der Waals surface area contributed by atoms with Gasteiger partial charge < -0.3 is 34.8 Å². The van der Waals surface area contributed by atoms with Crippen LogP contribution in [0.2, 0.25) is 0 Å². The number of ether oxygens (including phenoxy) is 1. The minimum absolute atomic E-state index is 0.0483. The lowest BCUT2D eigenvalue weighted by Crippen LogP contribution is -2.41. The summed E-state index contributed by atoms with van der Waals surface area (Å²) in [6.07, 6.45) is -1.87. The van der Waals surface area contributed by atoms with Gasteiger partial charge in [-0.15, -0.1) is 0 Å². The predicted molar refractivity (Wildman–Crippen MR) is 108 cm³/mol. The summed E-state index contributed by atoms with van der Waals surface area (Å²) in [5, 5.41) is 28.9. The molecule has 30 heavy (non-hydrogen) atoms. The summed E-state index contributed by atoms with van der Waals surface area (Å²) in [6, 6.07) is 0. The zero-order chi connectivity index (χ0) is 21.5. The van der Waals surface area contributed by atoms with Crippen LogP contribution < -0.4 is 11.3 Å². The third kappa shape index (κ3) is 4.16. The van der Waals surface area contributed by atoms with E-state index < -0.39 is 37.0 Å². The molecule has 0 aromatic carbocycles. The first-order chi connectivity index (χ1) is 14.3. The molecule has 16 heteroatoms. The number of carbonyl (C=O) groups is 1. The Morgan fingerprint density at radius 2 is 2.13 bits per heavy atom. The van der Waals surface area contributed by atoms with Crippen molar-refractivity contribution < 1.29 is 33.9 Å². The number of aromatic amines is 1. The van der Waals surface area contributed by atoms with Crippen molar-refractivity contribution in [3.8, 4) is 0 Å². The molecule has 2 saturated heterocycles. The number of anilines is 1. The molecule has 0 amide bonds. The van der Waals surface area contributed by atoms with E-state index in [4.69, 9.17) is 29.7 Å². The van der Waals surface area contributed by atoms with Gasteiger partial charge in [0.2, 0.25) is 13.5 Å². The maximum Gasteiger partial charge on any atom is 0.313 e. The number of hydrogen-bond donors (Lipinski definition) is 5. The number of carboxylic acid groups (broad SMARTS) is 1. The van der Waals surface area contributed by atoms with Crippen molar-refractivity contribution in [2.45, 2.75) is 29.5 Å². The Kier molecular flexibility index (Phi) is 6.23. The molecular formula is C14H18N5O8PS2. The van der Waals surface area contributed by atoms with Gasteiger partial charge in [-0.25, -0.2) is 4.98 Å². The van der Waals surface area contributed by atoms with Crippen molar-refractivity contribution in [1.29, 1.82) is 0 Å². The van der Waals surface area contributed by atoms with Crippen LogP contribution in [0.4, 0.5) is 5.95 Å². The quantitative estimate of drug-likeness (QED) is 0.209. The van der Waals surface area contributed by atoms with Crippen LogP contribution in [0.3, 0.4) is 0 Å². The molecule has 2 aliphatic rings. The van der Waals surface area contributed by atoms with E-state index in [1.54, 1.807) is 0 Å². The van der Waals surface area contributed by atoms with E-state index in [0.717, 1.165) is 23.1 Å². The summed E-state index contributed by atoms with van der Waals surface area (Å²) in [4.78, 5) is 33.9. The molecule has 6 N–H and O–H groups in total. The number of nitrogens with zero attached hydrogens (tertiary/aromatic N) is 3. The molecule has 1 unspecified atom stereocenters. The number of rotatable bonds is 6. The average molecular weight is 479 g/mol. The summed E-state index contributed by atoms with van der Waals surface area (Å²) in [5.41, 5.74) is 4.15. The van der Waals surface area contributed by atoms with Gasteiger partial charge in [-0.3, -0.25) is 19.1 Å². The molecule has 0 radical (unpaired) electrons. The van der Waals surface area contributed by atoms with Crippen LogP contribution in [0.1, 0.15) is 12.6 Å². The van der Waals surface area contributed by atoms with Gasteiger partial charge in [-0.2, -0.15) is 4.98 Å². The van der Waals surface area contributed by atoms with Crippen LogP contribution >= 0.6 is 30.7 Å². The van der Waals surface area contributed by atoms with Crippen molar-refractivity contribution in [2.24, 2.45) is 0 Å². The number of aliphatic carboxylic acids is 1. The number of nitrogen functional groups attached to an aromatic ring is 1. The normalized spacial score (nSPS) is 29.1. The van der Waals surface area contributed by atoms with Gasteiger partial charge >= 0.3 is 5.97 Å². The Hall–Kier alpha value is -1.45. The van der Waals surface area contributed by atoms with E-state index >= 15 is 0 Å². The van der Waals surface area contributed by atoms with Gasteiger partial charge in [0.25, 0.3) is 5.56 Å². The van der Waals surface area contributed by atoms with Crippen LogP contribution in [0, 0.1) is 0 Å². The Labute approximate surface area is 178 Å². The van der Waals surface area contributed by atoms with Crippen LogP contribution in [0.5, 0.6) is 0 Å². The molecule has 13 nitrogen and oxygen atoms in total. The number of H-pyrrole nitrogens is 1. The third-order valence-electron chi connectivity index (χ3n) is 4.43.